The van der Waals surface area contributed by atoms with Crippen LogP contribution in [-0.4, -0.2) is 29.9 Å². The normalized spacial score (nSPS) is 11.0. The molecule has 9 rings (SSSR count). The smallest absolute Gasteiger partial charge is 0.164 e. The summed E-state index contributed by atoms with van der Waals surface area (Å²) in [5.74, 6) is 1.80. The van der Waals surface area contributed by atoms with E-state index in [9.17, 15) is 0 Å². The minimum absolute atomic E-state index is 0.576. The Balaban J connectivity index is 1.25. The monoisotopic (exact) mass is 692 g/mol. The third kappa shape index (κ3) is 6.67. The number of hydrogen-bond acceptors (Lipinski definition) is 6. The zero-order valence-electron chi connectivity index (χ0n) is 29.2. The molecule has 0 aliphatic carbocycles. The Hall–Kier alpha value is -7.44. The SMILES string of the molecule is c1ccc(-c2nc(-c3ccccc3)nc(-c3cccc(-c4nc(-c5ccccc5)c(-c5cccc(-c6ccncc6)c5)nc4-c4ccccc4)c3)n2)cc1. The maximum Gasteiger partial charge on any atom is 0.164 e. The molecule has 0 bridgehead atoms. The quantitative estimate of drug-likeness (QED) is 0.158. The maximum absolute atomic E-state index is 5.51. The first-order chi connectivity index (χ1) is 26.8. The molecule has 3 heterocycles. The van der Waals surface area contributed by atoms with Crippen LogP contribution in [0.1, 0.15) is 0 Å². The van der Waals surface area contributed by atoms with E-state index >= 15 is 0 Å². The number of aromatic nitrogens is 6. The first-order valence-electron chi connectivity index (χ1n) is 17.8. The van der Waals surface area contributed by atoms with Gasteiger partial charge in [-0.3, -0.25) is 4.98 Å². The van der Waals surface area contributed by atoms with Crippen LogP contribution in [0.15, 0.2) is 194 Å². The fourth-order valence-corrected chi connectivity index (χ4v) is 6.57. The van der Waals surface area contributed by atoms with Gasteiger partial charge in [-0.2, -0.15) is 0 Å². The molecule has 6 aromatic carbocycles. The molecule has 0 amide bonds. The number of benzene rings is 6. The van der Waals surface area contributed by atoms with Gasteiger partial charge < -0.3 is 0 Å². The van der Waals surface area contributed by atoms with E-state index in [1.807, 2.05) is 134 Å². The van der Waals surface area contributed by atoms with Crippen LogP contribution in [0.3, 0.4) is 0 Å². The van der Waals surface area contributed by atoms with E-state index in [-0.39, 0.29) is 0 Å². The second-order valence-corrected chi connectivity index (χ2v) is 12.8. The van der Waals surface area contributed by atoms with Crippen molar-refractivity contribution in [1.82, 2.24) is 29.9 Å². The summed E-state index contributed by atoms with van der Waals surface area (Å²) in [7, 11) is 0. The lowest BCUT2D eigenvalue weighted by Gasteiger charge is -2.17. The second-order valence-electron chi connectivity index (χ2n) is 12.8. The third-order valence-electron chi connectivity index (χ3n) is 9.23. The van der Waals surface area contributed by atoms with Crippen LogP contribution in [-0.2, 0) is 0 Å². The average molecular weight is 693 g/mol. The molecule has 54 heavy (non-hydrogen) atoms. The van der Waals surface area contributed by atoms with Gasteiger partial charge in [-0.15, -0.1) is 0 Å². The second kappa shape index (κ2) is 14.7. The molecule has 0 N–H and O–H groups in total. The number of pyridine rings is 1. The molecular formula is C48H32N6. The van der Waals surface area contributed by atoms with Crippen molar-refractivity contribution in [3.05, 3.63) is 194 Å². The Morgan fingerprint density at radius 3 is 1.02 bits per heavy atom. The van der Waals surface area contributed by atoms with Crippen molar-refractivity contribution in [3.63, 3.8) is 0 Å². The van der Waals surface area contributed by atoms with E-state index in [2.05, 4.69) is 65.6 Å². The fourth-order valence-electron chi connectivity index (χ4n) is 6.57. The Kier molecular flexibility index (Phi) is 8.81. The van der Waals surface area contributed by atoms with Crippen LogP contribution in [0.5, 0.6) is 0 Å². The molecule has 9 aromatic rings. The maximum atomic E-state index is 5.51. The van der Waals surface area contributed by atoms with Crippen LogP contribution in [0, 0.1) is 0 Å². The van der Waals surface area contributed by atoms with Crippen molar-refractivity contribution in [2.75, 3.05) is 0 Å². The van der Waals surface area contributed by atoms with Crippen molar-refractivity contribution in [2.24, 2.45) is 0 Å². The van der Waals surface area contributed by atoms with Gasteiger partial charge >= 0.3 is 0 Å². The standard InChI is InChI=1S/C48H32N6/c1-5-15-34(16-6-1)42-44(39-24-13-23-38(31-39)33-27-29-49-30-28-33)50-43(35-17-7-2-8-18-35)45(51-42)40-25-14-26-41(32-40)48-53-46(36-19-9-3-10-20-36)52-47(54-48)37-21-11-4-12-22-37/h1-32H. The molecule has 6 nitrogen and oxygen atoms in total. The topological polar surface area (TPSA) is 77.3 Å². The van der Waals surface area contributed by atoms with Crippen LogP contribution in [0.4, 0.5) is 0 Å². The summed E-state index contributed by atoms with van der Waals surface area (Å²) >= 11 is 0. The molecule has 0 atom stereocenters. The largest absolute Gasteiger partial charge is 0.265 e. The average Bonchev–Trinajstić information content (AvgIpc) is 3.27. The van der Waals surface area contributed by atoms with E-state index in [0.29, 0.717) is 17.5 Å². The summed E-state index contributed by atoms with van der Waals surface area (Å²) in [4.78, 5) is 30.1. The van der Waals surface area contributed by atoms with Crippen molar-refractivity contribution >= 4 is 0 Å². The lowest BCUT2D eigenvalue weighted by atomic mass is 9.97. The van der Waals surface area contributed by atoms with Crippen molar-refractivity contribution in [1.29, 1.82) is 0 Å². The van der Waals surface area contributed by atoms with Crippen LogP contribution >= 0.6 is 0 Å². The molecule has 0 aliphatic rings. The summed E-state index contributed by atoms with van der Waals surface area (Å²) in [6.45, 7) is 0. The lowest BCUT2D eigenvalue weighted by molar-refractivity contribution is 1.07. The van der Waals surface area contributed by atoms with E-state index < -0.39 is 0 Å². The molecule has 0 radical (unpaired) electrons. The number of hydrogen-bond donors (Lipinski definition) is 0. The van der Waals surface area contributed by atoms with Crippen LogP contribution in [0.25, 0.3) is 90.3 Å². The molecule has 0 spiro atoms. The summed E-state index contributed by atoms with van der Waals surface area (Å²) in [5, 5.41) is 0. The van der Waals surface area contributed by atoms with E-state index in [4.69, 9.17) is 24.9 Å². The van der Waals surface area contributed by atoms with Crippen molar-refractivity contribution in [3.8, 4) is 90.3 Å². The van der Waals surface area contributed by atoms with Gasteiger partial charge in [-0.05, 0) is 35.4 Å². The minimum atomic E-state index is 0.576. The molecule has 6 heteroatoms. The van der Waals surface area contributed by atoms with Gasteiger partial charge in [0.25, 0.3) is 0 Å². The van der Waals surface area contributed by atoms with Gasteiger partial charge in [-0.25, -0.2) is 24.9 Å². The van der Waals surface area contributed by atoms with E-state index in [1.54, 1.807) is 0 Å². The predicted molar refractivity (Wildman–Crippen MR) is 217 cm³/mol. The Morgan fingerprint density at radius 2 is 0.556 bits per heavy atom. The Bertz CT molecular complexity index is 2630. The Labute approximate surface area is 313 Å². The predicted octanol–water partition coefficient (Wildman–Crippen LogP) is 11.4. The van der Waals surface area contributed by atoms with E-state index in [0.717, 1.165) is 72.8 Å². The molecule has 0 unspecified atom stereocenters. The van der Waals surface area contributed by atoms with Gasteiger partial charge in [-0.1, -0.05) is 158 Å². The summed E-state index contributed by atoms with van der Waals surface area (Å²) in [5.41, 5.74) is 11.8. The molecule has 254 valence electrons. The first-order valence-corrected chi connectivity index (χ1v) is 17.8. The number of nitrogens with zero attached hydrogens (tertiary/aromatic N) is 6. The summed E-state index contributed by atoms with van der Waals surface area (Å²) in [6.07, 6.45) is 3.63. The highest BCUT2D eigenvalue weighted by molar-refractivity contribution is 5.88. The van der Waals surface area contributed by atoms with Crippen LogP contribution < -0.4 is 0 Å². The summed E-state index contributed by atoms with van der Waals surface area (Å²) < 4.78 is 0. The van der Waals surface area contributed by atoms with Crippen molar-refractivity contribution in [2.45, 2.75) is 0 Å². The highest BCUT2D eigenvalue weighted by Gasteiger charge is 2.21. The molecule has 0 fully saturated rings. The molecule has 0 saturated carbocycles. The zero-order valence-corrected chi connectivity index (χ0v) is 29.2. The molecule has 3 aromatic heterocycles. The highest BCUT2D eigenvalue weighted by Crippen LogP contribution is 2.39. The minimum Gasteiger partial charge on any atom is -0.265 e. The highest BCUT2D eigenvalue weighted by atomic mass is 15.0. The van der Waals surface area contributed by atoms with Gasteiger partial charge in [0.2, 0.25) is 0 Å². The molecule has 0 saturated heterocycles. The fraction of sp³-hybridized carbons (Fsp3) is 0. The Morgan fingerprint density at radius 1 is 0.222 bits per heavy atom. The van der Waals surface area contributed by atoms with Gasteiger partial charge in [0.1, 0.15) is 0 Å². The first kappa shape index (κ1) is 32.5. The van der Waals surface area contributed by atoms with Gasteiger partial charge in [0, 0.05) is 51.3 Å². The molecular weight excluding hydrogens is 661 g/mol. The van der Waals surface area contributed by atoms with Crippen LogP contribution in [0.2, 0.25) is 0 Å². The van der Waals surface area contributed by atoms with Gasteiger partial charge in [0.05, 0.1) is 22.8 Å². The summed E-state index contributed by atoms with van der Waals surface area (Å²) in [6, 6.07) is 61.3. The number of rotatable bonds is 8. The van der Waals surface area contributed by atoms with E-state index in [1.165, 1.54) is 0 Å². The van der Waals surface area contributed by atoms with Gasteiger partial charge in [0.15, 0.2) is 17.5 Å². The zero-order chi connectivity index (χ0) is 36.1. The lowest BCUT2D eigenvalue weighted by Crippen LogP contribution is -2.02. The van der Waals surface area contributed by atoms with Crippen molar-refractivity contribution < 1.29 is 0 Å². The third-order valence-corrected chi connectivity index (χ3v) is 9.23. The molecule has 0 aliphatic heterocycles.